The summed E-state index contributed by atoms with van der Waals surface area (Å²) < 4.78 is 11.2. The number of piperidine rings is 1. The summed E-state index contributed by atoms with van der Waals surface area (Å²) in [6.07, 6.45) is 6.71. The summed E-state index contributed by atoms with van der Waals surface area (Å²) in [5, 5.41) is 16.9. The number of amides is 1. The Morgan fingerprint density at radius 2 is 1.74 bits per heavy atom. The van der Waals surface area contributed by atoms with Crippen molar-refractivity contribution in [2.75, 3.05) is 46.4 Å². The number of carbonyl (C=O) groups is 1. The van der Waals surface area contributed by atoms with E-state index in [1.165, 1.54) is 5.56 Å². The second kappa shape index (κ2) is 11.5. The molecule has 3 aliphatic rings. The van der Waals surface area contributed by atoms with Crippen LogP contribution in [0.3, 0.4) is 0 Å². The van der Waals surface area contributed by atoms with Gasteiger partial charge in [0.05, 0.1) is 0 Å². The molecule has 3 fully saturated rings. The molecule has 0 saturated carbocycles. The van der Waals surface area contributed by atoms with E-state index in [1.54, 1.807) is 12.4 Å². The Balaban J connectivity index is 1.21. The molecule has 0 bridgehead atoms. The number of carbonyl (C=O) groups excluding carboxylic acids is 1. The van der Waals surface area contributed by atoms with Gasteiger partial charge in [-0.3, -0.25) is 9.78 Å². The van der Waals surface area contributed by atoms with Crippen molar-refractivity contribution in [1.82, 2.24) is 24.9 Å². The van der Waals surface area contributed by atoms with Crippen molar-refractivity contribution in [2.45, 2.75) is 63.9 Å². The second-order valence-corrected chi connectivity index (χ2v) is 13.1. The lowest BCUT2D eigenvalue weighted by molar-refractivity contribution is -0.139. The molecule has 1 atom stereocenters. The molecule has 5 heterocycles. The fraction of sp³-hybridized carbons (Fsp3) is 0.576. The molecular formula is C33H43N5O4. The van der Waals surface area contributed by atoms with Crippen LogP contribution in [0.15, 0.2) is 47.2 Å². The minimum Gasteiger partial charge on any atom is -0.381 e. The highest BCUT2D eigenvalue weighted by Gasteiger charge is 2.55. The molecule has 0 spiro atoms. The van der Waals surface area contributed by atoms with E-state index in [9.17, 15) is 9.90 Å². The van der Waals surface area contributed by atoms with Crippen LogP contribution in [0, 0.1) is 11.3 Å². The van der Waals surface area contributed by atoms with E-state index < -0.39 is 5.60 Å². The Labute approximate surface area is 248 Å². The lowest BCUT2D eigenvalue weighted by atomic mass is 9.62. The van der Waals surface area contributed by atoms with Crippen LogP contribution in [0.2, 0.25) is 0 Å². The van der Waals surface area contributed by atoms with E-state index in [-0.39, 0.29) is 23.2 Å². The monoisotopic (exact) mass is 573 g/mol. The molecule has 1 N–H and O–H groups in total. The highest BCUT2D eigenvalue weighted by molar-refractivity contribution is 5.79. The van der Waals surface area contributed by atoms with Crippen molar-refractivity contribution < 1.29 is 19.2 Å². The molecule has 42 heavy (non-hydrogen) atoms. The van der Waals surface area contributed by atoms with Gasteiger partial charge in [-0.1, -0.05) is 50.2 Å². The maximum atomic E-state index is 13.0. The molecule has 0 radical (unpaired) electrons. The van der Waals surface area contributed by atoms with Gasteiger partial charge in [0.25, 0.3) is 0 Å². The first-order valence-electron chi connectivity index (χ1n) is 15.4. The Hall–Kier alpha value is -3.14. The van der Waals surface area contributed by atoms with Gasteiger partial charge >= 0.3 is 0 Å². The molecule has 3 aromatic rings. The highest BCUT2D eigenvalue weighted by Crippen LogP contribution is 2.50. The maximum Gasteiger partial charge on any atom is 0.230 e. The van der Waals surface area contributed by atoms with Crippen LogP contribution in [0.1, 0.15) is 80.9 Å². The van der Waals surface area contributed by atoms with Crippen molar-refractivity contribution in [3.63, 3.8) is 0 Å². The van der Waals surface area contributed by atoms with Gasteiger partial charge in [0.2, 0.25) is 17.6 Å². The minimum absolute atomic E-state index is 0.0828. The van der Waals surface area contributed by atoms with E-state index in [0.29, 0.717) is 49.5 Å². The first kappa shape index (κ1) is 29.0. The smallest absolute Gasteiger partial charge is 0.230 e. The number of benzene rings is 1. The summed E-state index contributed by atoms with van der Waals surface area (Å²) in [6, 6.07) is 10.3. The highest BCUT2D eigenvalue weighted by atomic mass is 16.5. The lowest BCUT2D eigenvalue weighted by Crippen LogP contribution is -2.63. The van der Waals surface area contributed by atoms with Gasteiger partial charge in [-0.15, -0.1) is 0 Å². The molecule has 9 nitrogen and oxygen atoms in total. The van der Waals surface area contributed by atoms with Crippen molar-refractivity contribution in [2.24, 2.45) is 11.3 Å². The van der Waals surface area contributed by atoms with Crippen LogP contribution in [0.5, 0.6) is 0 Å². The topological polar surface area (TPSA) is 105 Å². The molecule has 0 unspecified atom stereocenters. The van der Waals surface area contributed by atoms with Crippen LogP contribution in [-0.2, 0) is 15.1 Å². The number of ether oxygens (including phenoxy) is 1. The van der Waals surface area contributed by atoms with E-state index in [2.05, 4.69) is 67.1 Å². The van der Waals surface area contributed by atoms with Gasteiger partial charge in [-0.05, 0) is 55.8 Å². The van der Waals surface area contributed by atoms with Gasteiger partial charge in [-0.2, -0.15) is 4.98 Å². The van der Waals surface area contributed by atoms with E-state index in [4.69, 9.17) is 14.2 Å². The van der Waals surface area contributed by atoms with Gasteiger partial charge < -0.3 is 24.2 Å². The van der Waals surface area contributed by atoms with Crippen molar-refractivity contribution >= 4 is 5.91 Å². The Kier molecular flexibility index (Phi) is 7.93. The summed E-state index contributed by atoms with van der Waals surface area (Å²) in [6.45, 7) is 10.8. The number of likely N-dealkylation sites (tertiary alicyclic amines) is 2. The first-order chi connectivity index (χ1) is 20.2. The summed E-state index contributed by atoms with van der Waals surface area (Å²) in [5.74, 6) is 1.92. The van der Waals surface area contributed by atoms with Gasteiger partial charge in [0, 0.05) is 80.2 Å². The van der Waals surface area contributed by atoms with Crippen molar-refractivity contribution in [3.8, 4) is 11.4 Å². The molecule has 3 saturated heterocycles. The zero-order chi connectivity index (χ0) is 29.5. The molecule has 0 aliphatic carbocycles. The number of aliphatic hydroxyl groups is 1. The first-order valence-corrected chi connectivity index (χ1v) is 15.4. The van der Waals surface area contributed by atoms with E-state index >= 15 is 0 Å². The van der Waals surface area contributed by atoms with Crippen LogP contribution < -0.4 is 0 Å². The number of rotatable bonds is 7. The predicted octanol–water partition coefficient (Wildman–Crippen LogP) is 4.58. The van der Waals surface area contributed by atoms with E-state index in [1.807, 2.05) is 11.0 Å². The number of pyridine rings is 1. The summed E-state index contributed by atoms with van der Waals surface area (Å²) in [4.78, 5) is 26.5. The maximum absolute atomic E-state index is 13.0. The largest absolute Gasteiger partial charge is 0.381 e. The quantitative estimate of drug-likeness (QED) is 0.438. The predicted molar refractivity (Wildman–Crippen MR) is 159 cm³/mol. The SMILES string of the molecule is CC(C)c1ccc([C@](O)(c2cncc(-c3noc(C4CCN(C(=O)C5CCOCC5)CC4)n3)c2)C2(C)CN(C)C2)cc1. The number of nitrogens with zero attached hydrogens (tertiary/aromatic N) is 5. The molecule has 224 valence electrons. The number of hydrogen-bond acceptors (Lipinski definition) is 8. The third kappa shape index (κ3) is 5.27. The van der Waals surface area contributed by atoms with Crippen molar-refractivity contribution in [1.29, 1.82) is 0 Å². The van der Waals surface area contributed by atoms with Crippen LogP contribution in [0.25, 0.3) is 11.4 Å². The van der Waals surface area contributed by atoms with Gasteiger partial charge in [0.1, 0.15) is 5.60 Å². The Bertz CT molecular complexity index is 1390. The van der Waals surface area contributed by atoms with Crippen molar-refractivity contribution in [3.05, 3.63) is 65.3 Å². The van der Waals surface area contributed by atoms with Crippen LogP contribution >= 0.6 is 0 Å². The molecule has 1 amide bonds. The van der Waals surface area contributed by atoms with Crippen LogP contribution in [-0.4, -0.2) is 82.4 Å². The molecule has 3 aliphatic heterocycles. The molecular weight excluding hydrogens is 530 g/mol. The molecule has 2 aromatic heterocycles. The average Bonchev–Trinajstić information content (AvgIpc) is 3.51. The minimum atomic E-state index is -1.24. The molecule has 1 aromatic carbocycles. The average molecular weight is 574 g/mol. The third-order valence-electron chi connectivity index (χ3n) is 9.69. The fourth-order valence-corrected chi connectivity index (χ4v) is 7.17. The Morgan fingerprint density at radius 1 is 1.05 bits per heavy atom. The zero-order valence-corrected chi connectivity index (χ0v) is 25.3. The normalized spacial score (nSPS) is 21.7. The number of hydrogen-bond donors (Lipinski definition) is 1. The zero-order valence-electron chi connectivity index (χ0n) is 25.3. The van der Waals surface area contributed by atoms with E-state index in [0.717, 1.165) is 49.9 Å². The van der Waals surface area contributed by atoms with Gasteiger partial charge in [-0.25, -0.2) is 0 Å². The fourth-order valence-electron chi connectivity index (χ4n) is 7.17. The van der Waals surface area contributed by atoms with Gasteiger partial charge in [0.15, 0.2) is 0 Å². The third-order valence-corrected chi connectivity index (χ3v) is 9.69. The summed E-state index contributed by atoms with van der Waals surface area (Å²) >= 11 is 0. The number of aromatic nitrogens is 3. The Morgan fingerprint density at radius 3 is 2.38 bits per heavy atom. The van der Waals surface area contributed by atoms with Crippen LogP contribution in [0.4, 0.5) is 0 Å². The summed E-state index contributed by atoms with van der Waals surface area (Å²) in [7, 11) is 2.07. The molecule has 6 rings (SSSR count). The molecule has 9 heteroatoms. The second-order valence-electron chi connectivity index (χ2n) is 13.1. The standard InChI is InChI=1S/C33H43N5O4/c1-22(2)23-5-7-27(8-6-23)33(40,32(3)20-37(4)21-32)28-17-26(18-34-19-28)29-35-30(42-36-29)24-9-13-38(14-10-24)31(39)25-11-15-41-16-12-25/h5-8,17-19,22,24-25,40H,9-16,20-21H2,1-4H3/t33-/m0/s1. The summed E-state index contributed by atoms with van der Waals surface area (Å²) in [5.41, 5.74) is 1.90. The lowest BCUT2D eigenvalue weighted by Gasteiger charge is -2.55.